The molecule has 1 aliphatic carbocycles. The quantitative estimate of drug-likeness (QED) is 0.425. The van der Waals surface area contributed by atoms with Crippen LogP contribution in [0.4, 0.5) is 9.41 Å². The Bertz CT molecular complexity index is 195. The van der Waals surface area contributed by atoms with Crippen molar-refractivity contribution in [1.82, 2.24) is 0 Å². The molecule has 70 valence electrons. The van der Waals surface area contributed by atoms with Crippen LogP contribution in [0.5, 0.6) is 0 Å². The summed E-state index contributed by atoms with van der Waals surface area (Å²) >= 11 is 0. The fourth-order valence-corrected chi connectivity index (χ4v) is 1.16. The van der Waals surface area contributed by atoms with E-state index in [0.717, 1.165) is 0 Å². The van der Waals surface area contributed by atoms with Gasteiger partial charge < -0.3 is 0 Å². The van der Waals surface area contributed by atoms with Crippen LogP contribution in [0.1, 0.15) is 27.7 Å². The van der Waals surface area contributed by atoms with Gasteiger partial charge in [-0.15, -0.1) is 6.92 Å². The second kappa shape index (κ2) is 6.56. The normalized spacial score (nSPS) is 20.3. The van der Waals surface area contributed by atoms with Crippen LogP contribution in [0.15, 0.2) is 16.7 Å². The molecule has 0 fully saturated rings. The van der Waals surface area contributed by atoms with Gasteiger partial charge >= 0.3 is 0 Å². The Morgan fingerprint density at radius 2 is 1.50 bits per heavy atom. The molecule has 1 atom stereocenters. The third-order valence-corrected chi connectivity index (χ3v) is 2.24. The monoisotopic (exact) mass is 209 g/mol. The maximum absolute atomic E-state index is 3.36. The molecule has 0 N–H and O–H groups in total. The second-order valence-electron chi connectivity index (χ2n) is 2.80. The number of hydrogen-bond donors (Lipinski definition) is 0. The Morgan fingerprint density at radius 1 is 1.08 bits per heavy atom. The molecule has 1 aliphatic rings. The molecule has 0 saturated carbocycles. The van der Waals surface area contributed by atoms with Gasteiger partial charge in [0.1, 0.15) is 0 Å². The van der Waals surface area contributed by atoms with Crippen molar-refractivity contribution in [2.75, 3.05) is 0 Å². The summed E-state index contributed by atoms with van der Waals surface area (Å²) in [4.78, 5) is 0. The molecule has 0 aromatic heterocycles. The van der Waals surface area contributed by atoms with E-state index in [9.17, 15) is 0 Å². The minimum absolute atomic E-state index is 0. The Labute approximate surface area is 87.7 Å². The van der Waals surface area contributed by atoms with E-state index >= 15 is 0 Å². The van der Waals surface area contributed by atoms with Crippen LogP contribution in [-0.4, -0.2) is 0 Å². The molecule has 0 aliphatic heterocycles. The van der Waals surface area contributed by atoms with E-state index in [4.69, 9.17) is 0 Å². The SMILES string of the molecule is CC1=[C-]C(C)C(C)=C1C.F.F.[Ti]. The van der Waals surface area contributed by atoms with Gasteiger partial charge in [0.05, 0.1) is 0 Å². The van der Waals surface area contributed by atoms with Gasteiger partial charge in [-0.2, -0.15) is 11.1 Å². The summed E-state index contributed by atoms with van der Waals surface area (Å²) in [6.07, 6.45) is 3.36. The van der Waals surface area contributed by atoms with Gasteiger partial charge in [0, 0.05) is 21.7 Å². The van der Waals surface area contributed by atoms with Crippen molar-refractivity contribution in [3.63, 3.8) is 0 Å². The third kappa shape index (κ3) is 3.20. The van der Waals surface area contributed by atoms with Gasteiger partial charge in [-0.05, 0) is 0 Å². The van der Waals surface area contributed by atoms with Gasteiger partial charge in [-0.3, -0.25) is 15.5 Å². The van der Waals surface area contributed by atoms with Crippen LogP contribution >= 0.6 is 0 Å². The van der Waals surface area contributed by atoms with Gasteiger partial charge in [0.2, 0.25) is 0 Å². The van der Waals surface area contributed by atoms with E-state index in [2.05, 4.69) is 33.8 Å². The molecule has 0 amide bonds. The number of rotatable bonds is 0. The average Bonchev–Trinajstić information content (AvgIpc) is 1.98. The molecule has 1 rings (SSSR count). The number of hydrogen-bond acceptors (Lipinski definition) is 0. The van der Waals surface area contributed by atoms with Crippen molar-refractivity contribution in [1.29, 1.82) is 0 Å². The van der Waals surface area contributed by atoms with Crippen LogP contribution in [0.2, 0.25) is 0 Å². The van der Waals surface area contributed by atoms with E-state index in [1.807, 2.05) is 0 Å². The smallest absolute Gasteiger partial charge is 0 e. The van der Waals surface area contributed by atoms with Gasteiger partial charge in [0.25, 0.3) is 0 Å². The Kier molecular flexibility index (Phi) is 9.82. The summed E-state index contributed by atoms with van der Waals surface area (Å²) in [6, 6.07) is 0. The Hall–Kier alpha value is 0.0543. The molecular weight excluding hydrogens is 194 g/mol. The van der Waals surface area contributed by atoms with Crippen molar-refractivity contribution >= 4 is 0 Å². The minimum Gasteiger partial charge on any atom is -0.269 e. The van der Waals surface area contributed by atoms with Crippen LogP contribution in [-0.2, 0) is 21.7 Å². The first-order valence-corrected chi connectivity index (χ1v) is 3.40. The van der Waals surface area contributed by atoms with E-state index in [1.54, 1.807) is 0 Å². The van der Waals surface area contributed by atoms with Crippen LogP contribution in [0.3, 0.4) is 0 Å². The molecule has 0 nitrogen and oxygen atoms in total. The van der Waals surface area contributed by atoms with Crippen LogP contribution in [0.25, 0.3) is 0 Å². The maximum Gasteiger partial charge on any atom is 0 e. The van der Waals surface area contributed by atoms with Crippen molar-refractivity contribution in [3.05, 3.63) is 22.8 Å². The van der Waals surface area contributed by atoms with Crippen molar-refractivity contribution in [2.45, 2.75) is 27.7 Å². The summed E-state index contributed by atoms with van der Waals surface area (Å²) in [5.41, 5.74) is 4.25. The molecule has 0 aromatic carbocycles. The molecule has 0 radical (unpaired) electrons. The molecule has 1 unspecified atom stereocenters. The molecule has 0 spiro atoms. The van der Waals surface area contributed by atoms with E-state index < -0.39 is 0 Å². The van der Waals surface area contributed by atoms with Gasteiger partial charge in [-0.25, -0.2) is 5.57 Å². The fraction of sp³-hybridized carbons (Fsp3) is 0.556. The average molecular weight is 209 g/mol. The van der Waals surface area contributed by atoms with Crippen molar-refractivity contribution in [2.24, 2.45) is 5.92 Å². The number of allylic oxidation sites excluding steroid dienone is 4. The first-order chi connectivity index (χ1) is 4.13. The third-order valence-electron chi connectivity index (χ3n) is 2.24. The van der Waals surface area contributed by atoms with E-state index in [-0.39, 0.29) is 31.1 Å². The fourth-order valence-electron chi connectivity index (χ4n) is 1.16. The number of halogens is 2. The molecule has 3 heteroatoms. The van der Waals surface area contributed by atoms with Crippen molar-refractivity contribution < 1.29 is 31.1 Å². The predicted molar refractivity (Wildman–Crippen MR) is 45.0 cm³/mol. The van der Waals surface area contributed by atoms with Crippen LogP contribution in [0, 0.1) is 12.0 Å². The molecule has 0 bridgehead atoms. The zero-order chi connectivity index (χ0) is 7.02. The van der Waals surface area contributed by atoms with Gasteiger partial charge in [-0.1, -0.05) is 26.7 Å². The Balaban J connectivity index is -0.000000270. The molecule has 12 heavy (non-hydrogen) atoms. The standard InChI is InChI=1S/C9H13.2FH.Ti/c1-6-5-7(2)9(4)8(6)3;;;/h6H,1-4H3;2*1H;/q-1;;;. The predicted octanol–water partition coefficient (Wildman–Crippen LogP) is 3.02. The topological polar surface area (TPSA) is 0 Å². The molecule has 0 aromatic rings. The van der Waals surface area contributed by atoms with Gasteiger partial charge in [0.15, 0.2) is 0 Å². The summed E-state index contributed by atoms with van der Waals surface area (Å²) in [6.45, 7) is 8.67. The largest absolute Gasteiger partial charge is 0.269 e. The molecular formula is C9H15F2Ti-. The zero-order valence-corrected chi connectivity index (χ0v) is 9.46. The zero-order valence-electron chi connectivity index (χ0n) is 7.89. The van der Waals surface area contributed by atoms with E-state index in [0.29, 0.717) is 5.92 Å². The second-order valence-corrected chi connectivity index (χ2v) is 2.80. The summed E-state index contributed by atoms with van der Waals surface area (Å²) in [7, 11) is 0. The minimum atomic E-state index is 0. The first kappa shape index (κ1) is 18.0. The first-order valence-electron chi connectivity index (χ1n) is 3.40. The maximum atomic E-state index is 3.36. The Morgan fingerprint density at radius 3 is 1.58 bits per heavy atom. The summed E-state index contributed by atoms with van der Waals surface area (Å²) < 4.78 is 0. The van der Waals surface area contributed by atoms with Crippen molar-refractivity contribution in [3.8, 4) is 0 Å². The summed E-state index contributed by atoms with van der Waals surface area (Å²) in [5.74, 6) is 0.560. The van der Waals surface area contributed by atoms with E-state index in [1.165, 1.54) is 16.7 Å². The van der Waals surface area contributed by atoms with Crippen LogP contribution < -0.4 is 0 Å². The molecule has 0 saturated heterocycles. The summed E-state index contributed by atoms with van der Waals surface area (Å²) in [5, 5.41) is 0. The molecule has 0 heterocycles.